The molecule has 0 aliphatic carbocycles. The van der Waals surface area contributed by atoms with Crippen LogP contribution < -0.4 is 5.32 Å². The van der Waals surface area contributed by atoms with Crippen LogP contribution in [0.1, 0.15) is 15.9 Å². The molecule has 3 N–H and O–H groups in total. The quantitative estimate of drug-likeness (QED) is 0.450. The van der Waals surface area contributed by atoms with Crippen LogP contribution in [0.15, 0.2) is 63.7 Å². The molecule has 3 aromatic rings. The highest BCUT2D eigenvalue weighted by Gasteiger charge is 2.20. The molecule has 8 nitrogen and oxygen atoms in total. The van der Waals surface area contributed by atoms with Crippen molar-refractivity contribution in [1.29, 1.82) is 0 Å². The highest BCUT2D eigenvalue weighted by Crippen LogP contribution is 2.43. The van der Waals surface area contributed by atoms with Crippen LogP contribution in [0, 0.1) is 6.92 Å². The zero-order valence-corrected chi connectivity index (χ0v) is 15.9. The van der Waals surface area contributed by atoms with Gasteiger partial charge in [-0.05, 0) is 48.2 Å². The van der Waals surface area contributed by atoms with Crippen LogP contribution in [0.2, 0.25) is 0 Å². The summed E-state index contributed by atoms with van der Waals surface area (Å²) >= 11 is 0. The average Bonchev–Trinajstić information content (AvgIpc) is 2.64. The Morgan fingerprint density at radius 2 is 1.79 bits per heavy atom. The molecule has 0 saturated carbocycles. The smallest absolute Gasteiger partial charge is 0.294 e. The number of hydrogen-bond acceptors (Lipinski definition) is 6. The van der Waals surface area contributed by atoms with Crippen LogP contribution in [0.3, 0.4) is 0 Å². The molecule has 28 heavy (non-hydrogen) atoms. The third-order valence-corrected chi connectivity index (χ3v) is 4.96. The summed E-state index contributed by atoms with van der Waals surface area (Å²) in [6, 6.07) is 12.2. The molecule has 0 aromatic heterocycles. The molecule has 144 valence electrons. The van der Waals surface area contributed by atoms with Crippen molar-refractivity contribution in [3.8, 4) is 5.75 Å². The number of hydrogen-bond donors (Lipinski definition) is 3. The molecule has 0 aliphatic rings. The van der Waals surface area contributed by atoms with E-state index in [-0.39, 0.29) is 22.5 Å². The molecule has 0 spiro atoms. The summed E-state index contributed by atoms with van der Waals surface area (Å²) in [5.74, 6) is -0.765. The van der Waals surface area contributed by atoms with E-state index >= 15 is 0 Å². The van der Waals surface area contributed by atoms with Gasteiger partial charge in [-0.15, -0.1) is 0 Å². The van der Waals surface area contributed by atoms with Crippen LogP contribution in [0.5, 0.6) is 5.75 Å². The standard InChI is InChI=1S/C19H17N3O5S/c1-11-8-13-9-14(28(25,26)27)10-15(16(13)18(23)17(11)22-20-2)21-19(24)12-6-4-3-5-7-12/h3-10,23H,1-2H3,(H,21,24)(H,25,26,27). The van der Waals surface area contributed by atoms with Crippen LogP contribution in [-0.4, -0.2) is 31.0 Å². The second kappa shape index (κ2) is 7.37. The number of amides is 1. The zero-order valence-electron chi connectivity index (χ0n) is 15.0. The number of fused-ring (bicyclic) bond motifs is 1. The van der Waals surface area contributed by atoms with Crippen molar-refractivity contribution in [2.45, 2.75) is 11.8 Å². The van der Waals surface area contributed by atoms with E-state index in [2.05, 4.69) is 15.5 Å². The number of benzene rings is 3. The SMILES string of the molecule is CN=Nc1c(C)cc2cc(S(=O)(=O)O)cc(NC(=O)c3ccccc3)c2c1O. The average molecular weight is 399 g/mol. The number of nitrogens with one attached hydrogen (secondary N) is 1. The Morgan fingerprint density at radius 3 is 2.39 bits per heavy atom. The lowest BCUT2D eigenvalue weighted by Crippen LogP contribution is -2.13. The summed E-state index contributed by atoms with van der Waals surface area (Å²) < 4.78 is 32.8. The molecule has 0 aliphatic heterocycles. The molecule has 9 heteroatoms. The first-order chi connectivity index (χ1) is 13.2. The minimum absolute atomic E-state index is 0.0176. The predicted molar refractivity (Wildman–Crippen MR) is 105 cm³/mol. The Hall–Kier alpha value is -3.30. The number of rotatable bonds is 4. The summed E-state index contributed by atoms with van der Waals surface area (Å²) in [4.78, 5) is 12.2. The summed E-state index contributed by atoms with van der Waals surface area (Å²) in [7, 11) is -3.09. The number of anilines is 1. The normalized spacial score (nSPS) is 11.8. The number of azo groups is 1. The molecule has 0 atom stereocenters. The topological polar surface area (TPSA) is 128 Å². The first-order valence-electron chi connectivity index (χ1n) is 8.16. The van der Waals surface area contributed by atoms with E-state index in [0.717, 1.165) is 6.07 Å². The van der Waals surface area contributed by atoms with Crippen molar-refractivity contribution >= 4 is 38.2 Å². The minimum Gasteiger partial charge on any atom is -0.505 e. The molecule has 3 rings (SSSR count). The van der Waals surface area contributed by atoms with Crippen molar-refractivity contribution < 1.29 is 22.9 Å². The molecule has 0 radical (unpaired) electrons. The summed E-state index contributed by atoms with van der Waals surface area (Å²) in [5.41, 5.74) is 1.10. The van der Waals surface area contributed by atoms with Gasteiger partial charge < -0.3 is 10.4 Å². The Bertz CT molecular complexity index is 1210. The molecular formula is C19H17N3O5S. The third kappa shape index (κ3) is 3.71. The largest absolute Gasteiger partial charge is 0.505 e. The van der Waals surface area contributed by atoms with Gasteiger partial charge in [0.15, 0.2) is 5.75 Å². The van der Waals surface area contributed by atoms with Gasteiger partial charge in [0.05, 0.1) is 10.6 Å². The van der Waals surface area contributed by atoms with Crippen molar-refractivity contribution in [2.24, 2.45) is 10.2 Å². The number of aromatic hydroxyl groups is 1. The third-order valence-electron chi connectivity index (χ3n) is 4.13. The van der Waals surface area contributed by atoms with E-state index in [0.29, 0.717) is 16.5 Å². The minimum atomic E-state index is -4.54. The van der Waals surface area contributed by atoms with E-state index in [1.165, 1.54) is 13.1 Å². The molecule has 0 saturated heterocycles. The maximum Gasteiger partial charge on any atom is 0.294 e. The zero-order chi connectivity index (χ0) is 20.5. The van der Waals surface area contributed by atoms with Gasteiger partial charge in [0, 0.05) is 18.0 Å². The van der Waals surface area contributed by atoms with Gasteiger partial charge in [-0.25, -0.2) is 0 Å². The van der Waals surface area contributed by atoms with Gasteiger partial charge in [0.2, 0.25) is 0 Å². The first kappa shape index (κ1) is 19.5. The second-order valence-corrected chi connectivity index (χ2v) is 7.48. The van der Waals surface area contributed by atoms with E-state index in [1.807, 2.05) is 0 Å². The molecule has 3 aromatic carbocycles. The van der Waals surface area contributed by atoms with E-state index in [4.69, 9.17) is 0 Å². The van der Waals surface area contributed by atoms with Crippen molar-refractivity contribution in [3.63, 3.8) is 0 Å². The van der Waals surface area contributed by atoms with Gasteiger partial charge in [-0.1, -0.05) is 18.2 Å². The lowest BCUT2D eigenvalue weighted by molar-refractivity contribution is 0.102. The number of nitrogens with zero attached hydrogens (tertiary/aromatic N) is 2. The van der Waals surface area contributed by atoms with Gasteiger partial charge in [-0.2, -0.15) is 18.6 Å². The monoisotopic (exact) mass is 399 g/mol. The lowest BCUT2D eigenvalue weighted by atomic mass is 10.0. The molecular weight excluding hydrogens is 382 g/mol. The van der Waals surface area contributed by atoms with Crippen LogP contribution >= 0.6 is 0 Å². The Labute approximate surface area is 161 Å². The van der Waals surface area contributed by atoms with Crippen molar-refractivity contribution in [3.05, 3.63) is 59.7 Å². The van der Waals surface area contributed by atoms with E-state index in [9.17, 15) is 22.9 Å². The molecule has 0 bridgehead atoms. The Morgan fingerprint density at radius 1 is 1.11 bits per heavy atom. The summed E-state index contributed by atoms with van der Waals surface area (Å²) in [6.07, 6.45) is 0. The fourth-order valence-corrected chi connectivity index (χ4v) is 3.42. The van der Waals surface area contributed by atoms with Gasteiger partial charge in [0.25, 0.3) is 16.0 Å². The maximum atomic E-state index is 12.6. The fourth-order valence-electron chi connectivity index (χ4n) is 2.88. The Kier molecular flexibility index (Phi) is 5.12. The van der Waals surface area contributed by atoms with Crippen molar-refractivity contribution in [1.82, 2.24) is 0 Å². The second-order valence-electron chi connectivity index (χ2n) is 6.05. The number of carbonyl (C=O) groups excluding carboxylic acids is 1. The molecule has 0 fully saturated rings. The van der Waals surface area contributed by atoms with Gasteiger partial charge >= 0.3 is 0 Å². The molecule has 0 unspecified atom stereocenters. The van der Waals surface area contributed by atoms with Crippen molar-refractivity contribution in [2.75, 3.05) is 12.4 Å². The first-order valence-corrected chi connectivity index (χ1v) is 9.60. The predicted octanol–water partition coefficient (Wildman–Crippen LogP) is 4.07. The number of carbonyl (C=O) groups is 1. The van der Waals surface area contributed by atoms with Gasteiger partial charge in [-0.3, -0.25) is 9.35 Å². The fraction of sp³-hybridized carbons (Fsp3) is 0.105. The number of phenols is 1. The van der Waals surface area contributed by atoms with Crippen LogP contribution in [0.25, 0.3) is 10.8 Å². The van der Waals surface area contributed by atoms with E-state index < -0.39 is 20.9 Å². The highest BCUT2D eigenvalue weighted by molar-refractivity contribution is 7.85. The summed E-state index contributed by atoms with van der Waals surface area (Å²) in [5, 5.41) is 21.4. The van der Waals surface area contributed by atoms with Crippen LogP contribution in [-0.2, 0) is 10.1 Å². The lowest BCUT2D eigenvalue weighted by Gasteiger charge is -2.14. The van der Waals surface area contributed by atoms with E-state index in [1.54, 1.807) is 43.3 Å². The highest BCUT2D eigenvalue weighted by atomic mass is 32.2. The molecule has 0 heterocycles. The molecule has 1 amide bonds. The maximum absolute atomic E-state index is 12.6. The van der Waals surface area contributed by atoms with Crippen LogP contribution in [0.4, 0.5) is 11.4 Å². The number of aryl methyl sites for hydroxylation is 1. The summed E-state index contributed by atoms with van der Waals surface area (Å²) in [6.45, 7) is 1.67. The van der Waals surface area contributed by atoms with Gasteiger partial charge in [0.1, 0.15) is 5.69 Å². The number of phenolic OH excluding ortho intramolecular Hbond substituents is 1. The Balaban J connectivity index is 2.28.